The van der Waals surface area contributed by atoms with Crippen LogP contribution in [0.5, 0.6) is 0 Å². The topological polar surface area (TPSA) is 98.5 Å². The Bertz CT molecular complexity index is 1330. The molecule has 0 radical (unpaired) electrons. The number of carbonyl (C=O) groups excluding carboxylic acids is 1. The Morgan fingerprint density at radius 1 is 1.06 bits per heavy atom. The van der Waals surface area contributed by atoms with Crippen molar-refractivity contribution in [3.8, 4) is 17.2 Å². The third-order valence-electron chi connectivity index (χ3n) is 4.61. The molecule has 13 heteroatoms. The number of hydrogen-bond acceptors (Lipinski definition) is 6. The maximum atomic E-state index is 13.0. The Balaban J connectivity index is 1.68. The molecule has 4 heterocycles. The number of hydrogen-bond donors (Lipinski definition) is 1. The van der Waals surface area contributed by atoms with Crippen molar-refractivity contribution in [3.63, 3.8) is 0 Å². The van der Waals surface area contributed by atoms with E-state index in [0.717, 1.165) is 12.3 Å². The number of pyridine rings is 3. The molecule has 0 aliphatic heterocycles. The predicted octanol–water partition coefficient (Wildman–Crippen LogP) is 4.94. The van der Waals surface area contributed by atoms with Crippen molar-refractivity contribution >= 4 is 29.1 Å². The summed E-state index contributed by atoms with van der Waals surface area (Å²) in [5.41, 5.74) is -0.725. The van der Waals surface area contributed by atoms with Crippen LogP contribution in [0.1, 0.15) is 34.7 Å². The molecular weight excluding hydrogens is 494 g/mol. The molecule has 1 N–H and O–H groups in total. The van der Waals surface area contributed by atoms with Crippen molar-refractivity contribution < 1.29 is 18.0 Å². The van der Waals surface area contributed by atoms with Crippen LogP contribution < -0.4 is 5.32 Å². The van der Waals surface area contributed by atoms with Gasteiger partial charge in [-0.3, -0.25) is 9.78 Å². The van der Waals surface area contributed by atoms with E-state index in [-0.39, 0.29) is 22.4 Å². The molecule has 1 atom stereocenters. The highest BCUT2D eigenvalue weighted by atomic mass is 35.5. The van der Waals surface area contributed by atoms with Gasteiger partial charge in [-0.15, -0.1) is 5.10 Å². The van der Waals surface area contributed by atoms with Crippen molar-refractivity contribution in [2.24, 2.45) is 0 Å². The molecule has 0 aliphatic carbocycles. The molecule has 1 amide bonds. The van der Waals surface area contributed by atoms with Crippen LogP contribution in [0.4, 0.5) is 13.2 Å². The molecule has 0 aromatic carbocycles. The molecule has 8 nitrogen and oxygen atoms in total. The lowest BCUT2D eigenvalue weighted by Crippen LogP contribution is -2.29. The maximum absolute atomic E-state index is 13.0. The molecule has 0 spiro atoms. The quantitative estimate of drug-likeness (QED) is 0.384. The average molecular weight is 508 g/mol. The van der Waals surface area contributed by atoms with Gasteiger partial charge in [-0.05, 0) is 37.3 Å². The minimum Gasteiger partial charge on any atom is -0.342 e. The Hall–Kier alpha value is -3.57. The minimum atomic E-state index is -4.63. The Morgan fingerprint density at radius 2 is 1.85 bits per heavy atom. The number of carbonyl (C=O) groups is 1. The van der Waals surface area contributed by atoms with Crippen molar-refractivity contribution in [3.05, 3.63) is 82.2 Å². The first-order chi connectivity index (χ1) is 16.1. The Morgan fingerprint density at radius 3 is 2.50 bits per heavy atom. The summed E-state index contributed by atoms with van der Waals surface area (Å²) < 4.78 is 40.4. The van der Waals surface area contributed by atoms with Crippen LogP contribution in [0.15, 0.2) is 55.1 Å². The molecule has 0 bridgehead atoms. The maximum Gasteiger partial charge on any atom is 0.417 e. The molecule has 0 fully saturated rings. The zero-order valence-corrected chi connectivity index (χ0v) is 18.8. The summed E-state index contributed by atoms with van der Waals surface area (Å²) in [6, 6.07) is 6.41. The second-order valence-corrected chi connectivity index (χ2v) is 7.89. The highest BCUT2D eigenvalue weighted by Gasteiger charge is 2.32. The van der Waals surface area contributed by atoms with Gasteiger partial charge in [0.25, 0.3) is 5.91 Å². The summed E-state index contributed by atoms with van der Waals surface area (Å²) in [6.07, 6.45) is -0.0258. The van der Waals surface area contributed by atoms with Crippen LogP contribution >= 0.6 is 23.2 Å². The predicted molar refractivity (Wildman–Crippen MR) is 118 cm³/mol. The largest absolute Gasteiger partial charge is 0.417 e. The standard InChI is InChI=1S/C21H14Cl2F3N7O/c1-11(30-20(34)13-6-14(9-27-7-13)21(24,25)26)19-31-18(12-2-4-16(23)28-8-12)32-33(19)17-5-3-15(22)10-29-17/h2-11H,1H3,(H,30,34). The smallest absolute Gasteiger partial charge is 0.342 e. The van der Waals surface area contributed by atoms with Gasteiger partial charge < -0.3 is 5.32 Å². The van der Waals surface area contributed by atoms with E-state index in [9.17, 15) is 18.0 Å². The van der Waals surface area contributed by atoms with Crippen LogP contribution in [0.2, 0.25) is 10.2 Å². The van der Waals surface area contributed by atoms with Gasteiger partial charge in [0.15, 0.2) is 17.5 Å². The average Bonchev–Trinajstić information content (AvgIpc) is 3.25. The van der Waals surface area contributed by atoms with Crippen LogP contribution in [0.3, 0.4) is 0 Å². The van der Waals surface area contributed by atoms with Gasteiger partial charge in [0, 0.05) is 30.4 Å². The normalized spacial score (nSPS) is 12.4. The first kappa shape index (κ1) is 23.6. The van der Waals surface area contributed by atoms with E-state index in [1.54, 1.807) is 31.2 Å². The molecule has 0 saturated heterocycles. The fraction of sp³-hybridized carbons (Fsp3) is 0.143. The van der Waals surface area contributed by atoms with E-state index in [1.807, 2.05) is 0 Å². The third kappa shape index (κ3) is 5.15. The lowest BCUT2D eigenvalue weighted by molar-refractivity contribution is -0.137. The van der Waals surface area contributed by atoms with Gasteiger partial charge in [0.2, 0.25) is 0 Å². The number of rotatable bonds is 5. The van der Waals surface area contributed by atoms with Gasteiger partial charge in [-0.25, -0.2) is 15.0 Å². The van der Waals surface area contributed by atoms with E-state index in [1.165, 1.54) is 17.1 Å². The van der Waals surface area contributed by atoms with Gasteiger partial charge in [-0.1, -0.05) is 23.2 Å². The highest BCUT2D eigenvalue weighted by molar-refractivity contribution is 6.30. The molecule has 1 unspecified atom stereocenters. The lowest BCUT2D eigenvalue weighted by atomic mass is 10.2. The number of aromatic nitrogens is 6. The lowest BCUT2D eigenvalue weighted by Gasteiger charge is -2.15. The summed E-state index contributed by atoms with van der Waals surface area (Å²) in [7, 11) is 0. The fourth-order valence-electron chi connectivity index (χ4n) is 2.96. The molecule has 34 heavy (non-hydrogen) atoms. The van der Waals surface area contributed by atoms with E-state index in [0.29, 0.717) is 22.6 Å². The second kappa shape index (κ2) is 9.35. The van der Waals surface area contributed by atoms with Crippen LogP contribution in [0.25, 0.3) is 17.2 Å². The fourth-order valence-corrected chi connectivity index (χ4v) is 3.18. The van der Waals surface area contributed by atoms with Crippen molar-refractivity contribution in [2.45, 2.75) is 19.1 Å². The first-order valence-corrected chi connectivity index (χ1v) is 10.4. The Kier molecular flexibility index (Phi) is 6.49. The summed E-state index contributed by atoms with van der Waals surface area (Å²) in [5, 5.41) is 7.79. The van der Waals surface area contributed by atoms with Crippen LogP contribution in [0, 0.1) is 0 Å². The van der Waals surface area contributed by atoms with E-state index < -0.39 is 23.7 Å². The van der Waals surface area contributed by atoms with Crippen LogP contribution in [-0.4, -0.2) is 35.6 Å². The summed E-state index contributed by atoms with van der Waals surface area (Å²) in [6.45, 7) is 1.61. The summed E-state index contributed by atoms with van der Waals surface area (Å²) in [4.78, 5) is 28.9. The van der Waals surface area contributed by atoms with Gasteiger partial charge >= 0.3 is 6.18 Å². The third-order valence-corrected chi connectivity index (χ3v) is 5.06. The number of halogens is 5. The van der Waals surface area contributed by atoms with Gasteiger partial charge in [-0.2, -0.15) is 17.9 Å². The van der Waals surface area contributed by atoms with Gasteiger partial charge in [0.05, 0.1) is 22.2 Å². The number of amides is 1. The monoisotopic (exact) mass is 507 g/mol. The number of nitrogens with zero attached hydrogens (tertiary/aromatic N) is 6. The first-order valence-electron chi connectivity index (χ1n) is 9.66. The Labute approximate surface area is 200 Å². The zero-order valence-electron chi connectivity index (χ0n) is 17.3. The van der Waals surface area contributed by atoms with Gasteiger partial charge in [0.1, 0.15) is 5.15 Å². The van der Waals surface area contributed by atoms with Crippen molar-refractivity contribution in [2.75, 3.05) is 0 Å². The number of nitrogens with one attached hydrogen (secondary N) is 1. The van der Waals surface area contributed by atoms with Crippen LogP contribution in [-0.2, 0) is 6.18 Å². The summed E-state index contributed by atoms with van der Waals surface area (Å²) >= 11 is 11.8. The molecule has 0 aliphatic rings. The molecule has 174 valence electrons. The minimum absolute atomic E-state index is 0.250. The van der Waals surface area contributed by atoms with Crippen molar-refractivity contribution in [1.29, 1.82) is 0 Å². The molecule has 4 aromatic rings. The molecular formula is C21H14Cl2F3N7O. The SMILES string of the molecule is CC(NC(=O)c1cncc(C(F)(F)F)c1)c1nc(-c2ccc(Cl)nc2)nn1-c1ccc(Cl)cn1. The molecule has 4 rings (SSSR count). The highest BCUT2D eigenvalue weighted by Crippen LogP contribution is 2.29. The van der Waals surface area contributed by atoms with E-state index in [4.69, 9.17) is 23.2 Å². The zero-order chi connectivity index (χ0) is 24.5. The van der Waals surface area contributed by atoms with Crippen molar-refractivity contribution in [1.82, 2.24) is 35.0 Å². The summed E-state index contributed by atoms with van der Waals surface area (Å²) in [5.74, 6) is 0.146. The number of alkyl halides is 3. The van der Waals surface area contributed by atoms with E-state index in [2.05, 4.69) is 30.4 Å². The molecule has 0 saturated carbocycles. The molecule has 4 aromatic heterocycles. The van der Waals surface area contributed by atoms with E-state index >= 15 is 0 Å². The second-order valence-electron chi connectivity index (χ2n) is 7.06.